The Labute approximate surface area is 209 Å². The van der Waals surface area contributed by atoms with E-state index in [0.717, 1.165) is 48.1 Å². The van der Waals surface area contributed by atoms with Crippen LogP contribution in [0.25, 0.3) is 0 Å². The van der Waals surface area contributed by atoms with E-state index in [2.05, 4.69) is 45.2 Å². The summed E-state index contributed by atoms with van der Waals surface area (Å²) in [6, 6.07) is 4.36. The minimum atomic E-state index is -0.307. The van der Waals surface area contributed by atoms with Gasteiger partial charge in [0.05, 0.1) is 16.6 Å². The van der Waals surface area contributed by atoms with E-state index in [1.54, 1.807) is 0 Å². The fourth-order valence-corrected chi connectivity index (χ4v) is 5.70. The Morgan fingerprint density at radius 1 is 1.15 bits per heavy atom. The first-order chi connectivity index (χ1) is 16.2. The van der Waals surface area contributed by atoms with Gasteiger partial charge in [-0.3, -0.25) is 9.59 Å². The number of rotatable bonds is 5. The molecule has 1 fully saturated rings. The largest absolute Gasteiger partial charge is 0.463 e. The van der Waals surface area contributed by atoms with Gasteiger partial charge in [-0.1, -0.05) is 0 Å². The molecule has 1 aliphatic heterocycles. The van der Waals surface area contributed by atoms with E-state index in [1.165, 1.54) is 0 Å². The summed E-state index contributed by atoms with van der Waals surface area (Å²) >= 11 is 3.63. The van der Waals surface area contributed by atoms with Gasteiger partial charge in [-0.05, 0) is 99.7 Å². The van der Waals surface area contributed by atoms with Crippen LogP contribution >= 0.6 is 15.9 Å². The third kappa shape index (κ3) is 5.09. The number of halogens is 1. The van der Waals surface area contributed by atoms with Crippen LogP contribution in [0.2, 0.25) is 0 Å². The van der Waals surface area contributed by atoms with Crippen LogP contribution in [-0.4, -0.2) is 42.2 Å². The molecule has 1 aromatic carbocycles. The minimum Gasteiger partial charge on any atom is -0.463 e. The van der Waals surface area contributed by atoms with Crippen molar-refractivity contribution in [3.05, 3.63) is 60.5 Å². The summed E-state index contributed by atoms with van der Waals surface area (Å²) < 4.78 is 13.1. The number of fused-ring (bicyclic) bond motifs is 1. The number of amides is 1. The SMILES string of the molecule is Cc1cc(C)c(CNC(=O)c2cc(C)c3c(c2Br)OC(C2CCC(N(C)C)CC2)OC3)c(=O)[nH]1. The fraction of sp³-hybridized carbons (Fsp3) is 0.538. The van der Waals surface area contributed by atoms with E-state index < -0.39 is 0 Å². The number of aromatic amines is 1. The number of aromatic nitrogens is 1. The molecule has 1 saturated carbocycles. The molecule has 1 amide bonds. The van der Waals surface area contributed by atoms with E-state index in [4.69, 9.17) is 9.47 Å². The van der Waals surface area contributed by atoms with Gasteiger partial charge in [0.2, 0.25) is 6.29 Å². The molecule has 0 radical (unpaired) electrons. The number of pyridine rings is 1. The van der Waals surface area contributed by atoms with Crippen LogP contribution in [0.1, 0.15) is 64.0 Å². The summed E-state index contributed by atoms with van der Waals surface area (Å²) in [4.78, 5) is 30.5. The van der Waals surface area contributed by atoms with Crippen LogP contribution in [0.3, 0.4) is 0 Å². The van der Waals surface area contributed by atoms with Crippen molar-refractivity contribution in [2.45, 2.75) is 71.9 Å². The molecular formula is C26H34BrN3O4. The maximum absolute atomic E-state index is 13.1. The van der Waals surface area contributed by atoms with E-state index in [9.17, 15) is 9.59 Å². The first kappa shape index (κ1) is 24.9. The summed E-state index contributed by atoms with van der Waals surface area (Å²) in [5, 5.41) is 2.90. The second-order valence-corrected chi connectivity index (χ2v) is 10.6. The highest BCUT2D eigenvalue weighted by Crippen LogP contribution is 2.42. The predicted octanol–water partition coefficient (Wildman–Crippen LogP) is 4.35. The van der Waals surface area contributed by atoms with Crippen molar-refractivity contribution in [3.8, 4) is 5.75 Å². The first-order valence-electron chi connectivity index (χ1n) is 11.9. The van der Waals surface area contributed by atoms with Crippen molar-refractivity contribution in [1.29, 1.82) is 0 Å². The number of hydrogen-bond donors (Lipinski definition) is 2. The molecule has 184 valence electrons. The zero-order chi connectivity index (χ0) is 24.6. The second-order valence-electron chi connectivity index (χ2n) is 9.82. The highest BCUT2D eigenvalue weighted by Gasteiger charge is 2.35. The molecule has 1 aromatic heterocycles. The Balaban J connectivity index is 1.50. The van der Waals surface area contributed by atoms with Crippen molar-refractivity contribution >= 4 is 21.8 Å². The van der Waals surface area contributed by atoms with E-state index in [0.29, 0.717) is 39.9 Å². The van der Waals surface area contributed by atoms with Gasteiger partial charge in [0.25, 0.3) is 11.5 Å². The number of H-pyrrole nitrogens is 1. The lowest BCUT2D eigenvalue weighted by atomic mass is 9.85. The summed E-state index contributed by atoms with van der Waals surface area (Å²) in [5.41, 5.74) is 4.45. The maximum atomic E-state index is 13.1. The van der Waals surface area contributed by atoms with E-state index in [1.807, 2.05) is 32.9 Å². The van der Waals surface area contributed by atoms with Gasteiger partial charge in [-0.2, -0.15) is 0 Å². The summed E-state index contributed by atoms with van der Waals surface area (Å²) in [7, 11) is 4.27. The molecule has 1 unspecified atom stereocenters. The Kier molecular flexibility index (Phi) is 7.50. The highest BCUT2D eigenvalue weighted by molar-refractivity contribution is 9.10. The van der Waals surface area contributed by atoms with Crippen molar-refractivity contribution in [2.75, 3.05) is 14.1 Å². The van der Waals surface area contributed by atoms with Gasteiger partial charge in [0.15, 0.2) is 0 Å². The third-order valence-electron chi connectivity index (χ3n) is 7.19. The lowest BCUT2D eigenvalue weighted by Crippen LogP contribution is -2.39. The minimum absolute atomic E-state index is 0.157. The molecule has 34 heavy (non-hydrogen) atoms. The number of carbonyl (C=O) groups excluding carboxylic acids is 1. The smallest absolute Gasteiger partial charge is 0.253 e. The normalized spacial score (nSPS) is 22.3. The molecule has 2 aliphatic rings. The molecule has 2 N–H and O–H groups in total. The standard InChI is InChI=1S/C26H34BrN3O4/c1-14-10-16(3)29-25(32)20(14)12-28-24(31)19-11-15(2)21-13-33-26(34-23(21)22(19)27)17-6-8-18(9-7-17)30(4)5/h10-11,17-18,26H,6-9,12-13H2,1-5H3,(H,28,31)(H,29,32). The maximum Gasteiger partial charge on any atom is 0.253 e. The van der Waals surface area contributed by atoms with Gasteiger partial charge >= 0.3 is 0 Å². The number of aryl methyl sites for hydroxylation is 3. The number of ether oxygens (including phenoxy) is 2. The van der Waals surface area contributed by atoms with Gasteiger partial charge in [-0.25, -0.2) is 0 Å². The number of carbonyl (C=O) groups is 1. The zero-order valence-electron chi connectivity index (χ0n) is 20.6. The summed E-state index contributed by atoms with van der Waals surface area (Å²) in [5.74, 6) is 0.779. The summed E-state index contributed by atoms with van der Waals surface area (Å²) in [6.07, 6.45) is 4.08. The molecule has 1 aliphatic carbocycles. The van der Waals surface area contributed by atoms with Crippen molar-refractivity contribution in [2.24, 2.45) is 5.92 Å². The van der Waals surface area contributed by atoms with E-state index >= 15 is 0 Å². The Morgan fingerprint density at radius 3 is 2.50 bits per heavy atom. The Hall–Kier alpha value is -2.16. The second kappa shape index (κ2) is 10.2. The Bertz CT molecular complexity index is 1140. The van der Waals surface area contributed by atoms with Crippen LogP contribution in [0.4, 0.5) is 0 Å². The number of hydrogen-bond acceptors (Lipinski definition) is 5. The van der Waals surface area contributed by atoms with Gasteiger partial charge in [0.1, 0.15) is 5.75 Å². The highest BCUT2D eigenvalue weighted by atomic mass is 79.9. The average molecular weight is 532 g/mol. The third-order valence-corrected chi connectivity index (χ3v) is 7.98. The number of nitrogens with one attached hydrogen (secondary N) is 2. The molecule has 4 rings (SSSR count). The molecule has 0 saturated heterocycles. The van der Waals surface area contributed by atoms with Crippen LogP contribution in [-0.2, 0) is 17.9 Å². The first-order valence-corrected chi connectivity index (χ1v) is 12.7. The van der Waals surface area contributed by atoms with Crippen LogP contribution in [0.15, 0.2) is 21.4 Å². The molecular weight excluding hydrogens is 498 g/mol. The number of benzene rings is 1. The quantitative estimate of drug-likeness (QED) is 0.599. The lowest BCUT2D eigenvalue weighted by Gasteiger charge is -2.38. The fourth-order valence-electron chi connectivity index (χ4n) is 5.07. The molecule has 7 nitrogen and oxygen atoms in total. The molecule has 0 bridgehead atoms. The predicted molar refractivity (Wildman–Crippen MR) is 135 cm³/mol. The van der Waals surface area contributed by atoms with Crippen LogP contribution < -0.4 is 15.6 Å². The van der Waals surface area contributed by atoms with Crippen LogP contribution in [0.5, 0.6) is 5.75 Å². The molecule has 2 heterocycles. The van der Waals surface area contributed by atoms with Gasteiger partial charge in [0, 0.05) is 35.3 Å². The molecule has 1 atom stereocenters. The summed E-state index contributed by atoms with van der Waals surface area (Å²) in [6.45, 7) is 6.31. The van der Waals surface area contributed by atoms with E-state index in [-0.39, 0.29) is 24.3 Å². The average Bonchev–Trinajstić information content (AvgIpc) is 2.80. The molecule has 0 spiro atoms. The molecule has 8 heteroatoms. The van der Waals surface area contributed by atoms with Crippen molar-refractivity contribution < 1.29 is 14.3 Å². The van der Waals surface area contributed by atoms with Gasteiger partial charge in [-0.15, -0.1) is 0 Å². The Morgan fingerprint density at radius 2 is 1.85 bits per heavy atom. The van der Waals surface area contributed by atoms with Crippen LogP contribution in [0, 0.1) is 26.7 Å². The zero-order valence-corrected chi connectivity index (χ0v) is 22.2. The van der Waals surface area contributed by atoms with Crippen molar-refractivity contribution in [1.82, 2.24) is 15.2 Å². The monoisotopic (exact) mass is 531 g/mol. The number of nitrogens with zero attached hydrogens (tertiary/aromatic N) is 1. The lowest BCUT2D eigenvalue weighted by molar-refractivity contribution is -0.149. The van der Waals surface area contributed by atoms with Gasteiger partial charge < -0.3 is 24.7 Å². The van der Waals surface area contributed by atoms with Crippen molar-refractivity contribution in [3.63, 3.8) is 0 Å². The topological polar surface area (TPSA) is 83.7 Å². The molecule has 2 aromatic rings.